The van der Waals surface area contributed by atoms with E-state index in [1.807, 2.05) is 37.3 Å². The van der Waals surface area contributed by atoms with Crippen LogP contribution in [0, 0.1) is 10.1 Å². The average Bonchev–Trinajstić information content (AvgIpc) is 2.74. The normalized spacial score (nSPS) is 10.5. The quantitative estimate of drug-likeness (QED) is 0.309. The monoisotopic (exact) mass is 375 g/mol. The molecule has 0 saturated heterocycles. The zero-order chi connectivity index (χ0) is 19.9. The molecule has 0 bridgehead atoms. The molecule has 0 atom stereocenters. The highest BCUT2D eigenvalue weighted by molar-refractivity contribution is 6.12. The number of anilines is 2. The molecule has 6 heteroatoms. The van der Waals surface area contributed by atoms with Gasteiger partial charge in [-0.2, -0.15) is 0 Å². The van der Waals surface area contributed by atoms with Crippen molar-refractivity contribution in [3.63, 3.8) is 0 Å². The van der Waals surface area contributed by atoms with Crippen LogP contribution in [0.4, 0.5) is 17.2 Å². The predicted molar refractivity (Wildman–Crippen MR) is 109 cm³/mol. The number of ketones is 1. The summed E-state index contributed by atoms with van der Waals surface area (Å²) in [6.45, 7) is 2.57. The zero-order valence-corrected chi connectivity index (χ0v) is 15.6. The summed E-state index contributed by atoms with van der Waals surface area (Å²) >= 11 is 0. The van der Waals surface area contributed by atoms with Crippen LogP contribution in [0.15, 0.2) is 72.9 Å². The minimum Gasteiger partial charge on any atom is -0.320 e. The van der Waals surface area contributed by atoms with Crippen molar-refractivity contribution in [1.82, 2.24) is 4.98 Å². The Morgan fingerprint density at radius 2 is 1.75 bits per heavy atom. The number of pyridine rings is 1. The summed E-state index contributed by atoms with van der Waals surface area (Å²) in [5.41, 5.74) is 1.60. The first-order valence-corrected chi connectivity index (χ1v) is 9.19. The number of carbonyl (C=O) groups is 1. The van der Waals surface area contributed by atoms with Crippen molar-refractivity contribution in [3.05, 3.63) is 94.2 Å². The number of para-hydroxylation sites is 1. The van der Waals surface area contributed by atoms with E-state index in [-0.39, 0.29) is 17.3 Å². The van der Waals surface area contributed by atoms with E-state index in [9.17, 15) is 14.9 Å². The molecule has 1 heterocycles. The Morgan fingerprint density at radius 1 is 1.04 bits per heavy atom. The molecule has 0 aliphatic rings. The topological polar surface area (TPSA) is 76.3 Å². The van der Waals surface area contributed by atoms with E-state index in [1.165, 1.54) is 12.3 Å². The number of unbranched alkanes of at least 4 members (excludes halogenated alkanes) is 1. The van der Waals surface area contributed by atoms with E-state index in [4.69, 9.17) is 0 Å². The van der Waals surface area contributed by atoms with Gasteiger partial charge in [0.05, 0.1) is 10.6 Å². The van der Waals surface area contributed by atoms with Crippen molar-refractivity contribution < 1.29 is 9.72 Å². The molecule has 28 heavy (non-hydrogen) atoms. The molecule has 142 valence electrons. The van der Waals surface area contributed by atoms with E-state index < -0.39 is 4.92 Å². The van der Waals surface area contributed by atoms with Crippen LogP contribution in [0.25, 0.3) is 0 Å². The number of nitro groups is 1. The maximum atomic E-state index is 13.1. The van der Waals surface area contributed by atoms with Crippen LogP contribution < -0.4 is 4.90 Å². The summed E-state index contributed by atoms with van der Waals surface area (Å²) in [5, 5.41) is 11.5. The molecule has 3 aromatic rings. The number of hydrogen-bond donors (Lipinski definition) is 0. The smallest absolute Gasteiger partial charge is 0.311 e. The van der Waals surface area contributed by atoms with E-state index in [0.29, 0.717) is 23.4 Å². The maximum Gasteiger partial charge on any atom is 0.311 e. The Labute approximate surface area is 163 Å². The summed E-state index contributed by atoms with van der Waals surface area (Å²) in [7, 11) is 0. The first-order chi connectivity index (χ1) is 13.6. The van der Waals surface area contributed by atoms with Crippen LogP contribution in [-0.2, 0) is 0 Å². The minimum absolute atomic E-state index is 0.0828. The largest absolute Gasteiger partial charge is 0.320 e. The van der Waals surface area contributed by atoms with Gasteiger partial charge in [-0.3, -0.25) is 14.9 Å². The zero-order valence-electron chi connectivity index (χ0n) is 15.6. The molecule has 3 rings (SSSR count). The summed E-state index contributed by atoms with van der Waals surface area (Å²) in [5.74, 6) is 0.116. The Kier molecular flexibility index (Phi) is 6.11. The maximum absolute atomic E-state index is 13.1. The molecule has 0 saturated carbocycles. The first kappa shape index (κ1) is 19.2. The molecule has 0 amide bonds. The number of benzene rings is 2. The first-order valence-electron chi connectivity index (χ1n) is 9.19. The van der Waals surface area contributed by atoms with Gasteiger partial charge in [0.25, 0.3) is 0 Å². The number of aromatic nitrogens is 1. The molecule has 0 aliphatic heterocycles. The van der Waals surface area contributed by atoms with E-state index in [1.54, 1.807) is 35.2 Å². The number of hydrogen-bond acceptors (Lipinski definition) is 5. The SMILES string of the molecule is CCCCN(c1ccccc1C(=O)c1ccccc1)c1ncccc1[N+](=O)[O-]. The van der Waals surface area contributed by atoms with Crippen LogP contribution in [-0.4, -0.2) is 22.2 Å². The second kappa shape index (κ2) is 8.90. The highest BCUT2D eigenvalue weighted by Crippen LogP contribution is 2.34. The lowest BCUT2D eigenvalue weighted by Crippen LogP contribution is -2.23. The molecule has 0 fully saturated rings. The third-order valence-electron chi connectivity index (χ3n) is 4.43. The Bertz CT molecular complexity index is 974. The lowest BCUT2D eigenvalue weighted by molar-refractivity contribution is -0.384. The standard InChI is InChI=1S/C22H21N3O3/c1-2-3-16-24(22-20(25(27)28)14-9-15-23-22)19-13-8-7-12-18(19)21(26)17-10-5-4-6-11-17/h4-15H,2-3,16H2,1H3. The molecule has 6 nitrogen and oxygen atoms in total. The Balaban J connectivity index is 2.13. The lowest BCUT2D eigenvalue weighted by Gasteiger charge is -2.25. The fourth-order valence-corrected chi connectivity index (χ4v) is 3.04. The molecule has 0 N–H and O–H groups in total. The van der Waals surface area contributed by atoms with Gasteiger partial charge in [-0.05, 0) is 24.6 Å². The van der Waals surface area contributed by atoms with Crippen molar-refractivity contribution >= 4 is 23.0 Å². The van der Waals surface area contributed by atoms with Gasteiger partial charge in [-0.1, -0.05) is 55.8 Å². The molecule has 1 aromatic heterocycles. The minimum atomic E-state index is -0.442. The van der Waals surface area contributed by atoms with Gasteiger partial charge in [0.1, 0.15) is 0 Å². The van der Waals surface area contributed by atoms with Gasteiger partial charge in [0, 0.05) is 29.9 Å². The Morgan fingerprint density at radius 3 is 2.46 bits per heavy atom. The third kappa shape index (κ3) is 4.06. The van der Waals surface area contributed by atoms with Crippen LogP contribution >= 0.6 is 0 Å². The molecule has 0 aliphatic carbocycles. The van der Waals surface area contributed by atoms with Gasteiger partial charge in [0.15, 0.2) is 5.78 Å². The molecule has 2 aromatic carbocycles. The Hall–Kier alpha value is -3.54. The molecular formula is C22H21N3O3. The van der Waals surface area contributed by atoms with E-state index >= 15 is 0 Å². The van der Waals surface area contributed by atoms with Crippen LogP contribution in [0.3, 0.4) is 0 Å². The number of carbonyl (C=O) groups excluding carboxylic acids is 1. The summed E-state index contributed by atoms with van der Waals surface area (Å²) < 4.78 is 0. The highest BCUT2D eigenvalue weighted by Gasteiger charge is 2.25. The van der Waals surface area contributed by atoms with Crippen molar-refractivity contribution in [1.29, 1.82) is 0 Å². The van der Waals surface area contributed by atoms with Gasteiger partial charge in [-0.25, -0.2) is 4.98 Å². The fraction of sp³-hybridized carbons (Fsp3) is 0.182. The highest BCUT2D eigenvalue weighted by atomic mass is 16.6. The molecular weight excluding hydrogens is 354 g/mol. The number of nitrogens with zero attached hydrogens (tertiary/aromatic N) is 3. The second-order valence-electron chi connectivity index (χ2n) is 6.32. The van der Waals surface area contributed by atoms with Crippen molar-refractivity contribution in [2.75, 3.05) is 11.4 Å². The van der Waals surface area contributed by atoms with Crippen molar-refractivity contribution in [3.8, 4) is 0 Å². The van der Waals surface area contributed by atoms with Crippen molar-refractivity contribution in [2.24, 2.45) is 0 Å². The second-order valence-corrected chi connectivity index (χ2v) is 6.32. The van der Waals surface area contributed by atoms with Crippen LogP contribution in [0.2, 0.25) is 0 Å². The number of rotatable bonds is 8. The summed E-state index contributed by atoms with van der Waals surface area (Å²) in [6.07, 6.45) is 3.25. The van der Waals surface area contributed by atoms with E-state index in [0.717, 1.165) is 12.8 Å². The van der Waals surface area contributed by atoms with Gasteiger partial charge in [0.2, 0.25) is 5.82 Å². The van der Waals surface area contributed by atoms with Crippen LogP contribution in [0.1, 0.15) is 35.7 Å². The predicted octanol–water partition coefficient (Wildman–Crippen LogP) is 5.16. The summed E-state index contributed by atoms with van der Waals surface area (Å²) in [4.78, 5) is 30.3. The molecule has 0 radical (unpaired) electrons. The molecule has 0 unspecified atom stereocenters. The van der Waals surface area contributed by atoms with Gasteiger partial charge >= 0.3 is 5.69 Å². The molecule has 0 spiro atoms. The van der Waals surface area contributed by atoms with Crippen LogP contribution in [0.5, 0.6) is 0 Å². The van der Waals surface area contributed by atoms with Gasteiger partial charge < -0.3 is 4.90 Å². The fourth-order valence-electron chi connectivity index (χ4n) is 3.04. The summed E-state index contributed by atoms with van der Waals surface area (Å²) in [6, 6.07) is 19.2. The average molecular weight is 375 g/mol. The van der Waals surface area contributed by atoms with Crippen molar-refractivity contribution in [2.45, 2.75) is 19.8 Å². The van der Waals surface area contributed by atoms with Gasteiger partial charge in [-0.15, -0.1) is 0 Å². The lowest BCUT2D eigenvalue weighted by atomic mass is 10.0. The van der Waals surface area contributed by atoms with E-state index in [2.05, 4.69) is 4.98 Å². The third-order valence-corrected chi connectivity index (χ3v) is 4.43.